The highest BCUT2D eigenvalue weighted by atomic mass is 16.4. The molecule has 3 rings (SSSR count). The zero-order valence-electron chi connectivity index (χ0n) is 30.6. The molecule has 15 heteroatoms. The normalized spacial score (nSPS) is 16.9. The zero-order valence-corrected chi connectivity index (χ0v) is 30.6. The molecule has 0 saturated carbocycles. The molecule has 0 bridgehead atoms. The van der Waals surface area contributed by atoms with Gasteiger partial charge in [-0.3, -0.25) is 28.8 Å². The number of nitrogens with zero attached hydrogens (tertiary/aromatic N) is 1. The van der Waals surface area contributed by atoms with Crippen LogP contribution in [0.15, 0.2) is 60.7 Å². The summed E-state index contributed by atoms with van der Waals surface area (Å²) in [7, 11) is 0. The van der Waals surface area contributed by atoms with Crippen molar-refractivity contribution in [3.05, 3.63) is 71.8 Å². The van der Waals surface area contributed by atoms with Gasteiger partial charge in [0.05, 0.1) is 12.5 Å². The van der Waals surface area contributed by atoms with E-state index in [2.05, 4.69) is 21.3 Å². The lowest BCUT2D eigenvalue weighted by molar-refractivity contribution is -0.149. The molecule has 6 atom stereocenters. The Morgan fingerprint density at radius 3 is 1.74 bits per heavy atom. The Kier molecular flexibility index (Phi) is 15.9. The van der Waals surface area contributed by atoms with Crippen LogP contribution in [0.25, 0.3) is 0 Å². The first-order valence-corrected chi connectivity index (χ1v) is 17.9. The molecule has 288 valence electrons. The molecule has 1 aliphatic heterocycles. The van der Waals surface area contributed by atoms with Crippen molar-refractivity contribution in [2.24, 2.45) is 17.6 Å². The van der Waals surface area contributed by atoms with E-state index in [1.165, 1.54) is 4.90 Å². The molecule has 1 fully saturated rings. The molecular weight excluding hydrogens is 684 g/mol. The SMILES string of the molecule is CC(C)C[C@H](NC(=O)[C@@H](N)CC(=O)O)C(=O)N[C@@H](Cc1ccccc1)C(=O)N[C@H](C(=O)N[C@@H](Cc1ccccc1)C(=O)N1CCC[C@H]1C(=O)O)C(C)C. The van der Waals surface area contributed by atoms with Gasteiger partial charge in [0.1, 0.15) is 30.2 Å². The Hall–Kier alpha value is -5.31. The lowest BCUT2D eigenvalue weighted by Crippen LogP contribution is -2.61. The maximum Gasteiger partial charge on any atom is 0.326 e. The van der Waals surface area contributed by atoms with Crippen molar-refractivity contribution in [3.8, 4) is 0 Å². The minimum atomic E-state index is -1.40. The number of carbonyl (C=O) groups is 7. The van der Waals surface area contributed by atoms with E-state index in [0.29, 0.717) is 18.4 Å². The van der Waals surface area contributed by atoms with Crippen molar-refractivity contribution in [2.75, 3.05) is 6.54 Å². The van der Waals surface area contributed by atoms with E-state index in [4.69, 9.17) is 10.8 Å². The van der Waals surface area contributed by atoms with Crippen LogP contribution in [-0.4, -0.2) is 99.4 Å². The maximum absolute atomic E-state index is 14.0. The number of carboxylic acids is 2. The molecule has 15 nitrogen and oxygen atoms in total. The van der Waals surface area contributed by atoms with Gasteiger partial charge in [-0.15, -0.1) is 0 Å². The molecule has 0 aromatic heterocycles. The van der Waals surface area contributed by atoms with E-state index >= 15 is 0 Å². The van der Waals surface area contributed by atoms with Crippen LogP contribution in [0.3, 0.4) is 0 Å². The fraction of sp³-hybridized carbons (Fsp3) is 0.500. The first kappa shape index (κ1) is 42.1. The molecule has 8 N–H and O–H groups in total. The van der Waals surface area contributed by atoms with Gasteiger partial charge in [0.2, 0.25) is 29.5 Å². The highest BCUT2D eigenvalue weighted by Crippen LogP contribution is 2.20. The van der Waals surface area contributed by atoms with E-state index in [1.807, 2.05) is 19.9 Å². The molecule has 53 heavy (non-hydrogen) atoms. The van der Waals surface area contributed by atoms with E-state index in [9.17, 15) is 38.7 Å². The van der Waals surface area contributed by atoms with Crippen LogP contribution in [0.5, 0.6) is 0 Å². The molecule has 1 aliphatic rings. The molecule has 2 aromatic carbocycles. The largest absolute Gasteiger partial charge is 0.481 e. The third kappa shape index (κ3) is 13.0. The highest BCUT2D eigenvalue weighted by Gasteiger charge is 2.39. The molecule has 1 saturated heterocycles. The smallest absolute Gasteiger partial charge is 0.326 e. The molecule has 2 aromatic rings. The Morgan fingerprint density at radius 2 is 1.23 bits per heavy atom. The predicted molar refractivity (Wildman–Crippen MR) is 195 cm³/mol. The van der Waals surface area contributed by atoms with Gasteiger partial charge < -0.3 is 42.1 Å². The summed E-state index contributed by atoms with van der Waals surface area (Å²) in [5, 5.41) is 29.6. The molecule has 5 amide bonds. The number of nitrogens with two attached hydrogens (primary N) is 1. The average molecular weight is 737 g/mol. The number of hydrogen-bond donors (Lipinski definition) is 7. The number of aliphatic carboxylic acids is 2. The van der Waals surface area contributed by atoms with Crippen molar-refractivity contribution < 1.29 is 43.8 Å². The molecule has 0 unspecified atom stereocenters. The third-order valence-electron chi connectivity index (χ3n) is 8.95. The minimum absolute atomic E-state index is 0.0202. The van der Waals surface area contributed by atoms with Crippen molar-refractivity contribution in [1.82, 2.24) is 26.2 Å². The monoisotopic (exact) mass is 736 g/mol. The first-order chi connectivity index (χ1) is 25.1. The van der Waals surface area contributed by atoms with E-state index in [0.717, 1.165) is 5.56 Å². The van der Waals surface area contributed by atoms with Crippen LogP contribution in [0.1, 0.15) is 64.5 Å². The summed E-state index contributed by atoms with van der Waals surface area (Å²) in [5.41, 5.74) is 7.16. The first-order valence-electron chi connectivity index (χ1n) is 17.9. The lowest BCUT2D eigenvalue weighted by Gasteiger charge is -2.30. The zero-order chi connectivity index (χ0) is 39.2. The summed E-state index contributed by atoms with van der Waals surface area (Å²) in [6, 6.07) is 10.7. The summed E-state index contributed by atoms with van der Waals surface area (Å²) >= 11 is 0. The molecule has 1 heterocycles. The van der Waals surface area contributed by atoms with Gasteiger partial charge >= 0.3 is 11.9 Å². The van der Waals surface area contributed by atoms with Gasteiger partial charge in [0.25, 0.3) is 0 Å². The number of nitrogens with one attached hydrogen (secondary N) is 4. The number of amides is 5. The summed E-state index contributed by atoms with van der Waals surface area (Å²) in [6.45, 7) is 7.29. The number of likely N-dealkylation sites (tertiary alicyclic amines) is 1. The molecule has 0 spiro atoms. The fourth-order valence-corrected chi connectivity index (χ4v) is 6.18. The van der Waals surface area contributed by atoms with Crippen LogP contribution in [0.4, 0.5) is 0 Å². The minimum Gasteiger partial charge on any atom is -0.481 e. The average Bonchev–Trinajstić information content (AvgIpc) is 3.60. The third-order valence-corrected chi connectivity index (χ3v) is 8.95. The summed E-state index contributed by atoms with van der Waals surface area (Å²) in [5.74, 6) is -6.44. The fourth-order valence-electron chi connectivity index (χ4n) is 6.18. The van der Waals surface area contributed by atoms with E-state index in [-0.39, 0.29) is 31.7 Å². The second-order valence-corrected chi connectivity index (χ2v) is 14.2. The number of rotatable bonds is 19. The molecular formula is C38H52N6O9. The van der Waals surface area contributed by atoms with Crippen LogP contribution in [-0.2, 0) is 46.4 Å². The Morgan fingerprint density at radius 1 is 0.717 bits per heavy atom. The van der Waals surface area contributed by atoms with Gasteiger partial charge in [0, 0.05) is 19.4 Å². The number of carboxylic acid groups (broad SMARTS) is 2. The summed E-state index contributed by atoms with van der Waals surface area (Å²) in [6.07, 6.45) is 0.416. The second kappa shape index (κ2) is 20.1. The van der Waals surface area contributed by atoms with Gasteiger partial charge in [-0.05, 0) is 42.2 Å². The molecule has 0 radical (unpaired) electrons. The quantitative estimate of drug-likeness (QED) is 0.108. The topological polar surface area (TPSA) is 237 Å². The number of hydrogen-bond acceptors (Lipinski definition) is 8. The standard InChI is InChI=1S/C38H52N6O9/c1-22(2)18-27(40-33(47)26(39)21-31(45)46)34(48)41-28(19-24-12-7-5-8-13-24)35(49)43-32(23(3)4)36(50)42-29(20-25-14-9-6-10-15-25)37(51)44-17-11-16-30(44)38(52)53/h5-10,12-15,22-23,26-30,32H,11,16-21,39H2,1-4H3,(H,40,47)(H,41,48)(H,42,50)(H,43,49)(H,45,46)(H,52,53)/t26-,27-,28-,29-,30-,32-/m0/s1. The van der Waals surface area contributed by atoms with Gasteiger partial charge in [-0.25, -0.2) is 4.79 Å². The Balaban J connectivity index is 1.86. The number of benzene rings is 2. The van der Waals surface area contributed by atoms with Crippen molar-refractivity contribution in [2.45, 2.75) is 102 Å². The predicted octanol–water partition coefficient (Wildman–Crippen LogP) is 0.991. The Bertz CT molecular complexity index is 1590. The Labute approximate surface area is 309 Å². The van der Waals surface area contributed by atoms with E-state index < -0.39 is 90.1 Å². The van der Waals surface area contributed by atoms with Crippen LogP contribution in [0.2, 0.25) is 0 Å². The molecule has 0 aliphatic carbocycles. The summed E-state index contributed by atoms with van der Waals surface area (Å²) in [4.78, 5) is 92.5. The summed E-state index contributed by atoms with van der Waals surface area (Å²) < 4.78 is 0. The second-order valence-electron chi connectivity index (χ2n) is 14.2. The van der Waals surface area contributed by atoms with Gasteiger partial charge in [-0.2, -0.15) is 0 Å². The van der Waals surface area contributed by atoms with Crippen LogP contribution >= 0.6 is 0 Å². The van der Waals surface area contributed by atoms with Crippen LogP contribution < -0.4 is 27.0 Å². The highest BCUT2D eigenvalue weighted by molar-refractivity contribution is 5.97. The van der Waals surface area contributed by atoms with Crippen molar-refractivity contribution in [3.63, 3.8) is 0 Å². The lowest BCUT2D eigenvalue weighted by atomic mass is 9.98. The van der Waals surface area contributed by atoms with Crippen LogP contribution in [0, 0.1) is 11.8 Å². The van der Waals surface area contributed by atoms with Crippen molar-refractivity contribution in [1.29, 1.82) is 0 Å². The van der Waals surface area contributed by atoms with E-state index in [1.54, 1.807) is 68.4 Å². The maximum atomic E-state index is 14.0. The van der Waals surface area contributed by atoms with Crippen molar-refractivity contribution >= 4 is 41.5 Å². The number of carbonyl (C=O) groups excluding carboxylic acids is 5. The van der Waals surface area contributed by atoms with Gasteiger partial charge in [0.15, 0.2) is 0 Å². The van der Waals surface area contributed by atoms with Gasteiger partial charge in [-0.1, -0.05) is 88.4 Å².